The first-order valence-corrected chi connectivity index (χ1v) is 10.7. The van der Waals surface area contributed by atoms with Gasteiger partial charge in [-0.1, -0.05) is 12.1 Å². The third-order valence-electron chi connectivity index (χ3n) is 6.18. The molecular formula is C22H34N4O3. The van der Waals surface area contributed by atoms with Gasteiger partial charge in [0.15, 0.2) is 0 Å². The highest BCUT2D eigenvalue weighted by Crippen LogP contribution is 2.26. The van der Waals surface area contributed by atoms with Crippen molar-refractivity contribution < 1.29 is 14.3 Å². The molecule has 3 atom stereocenters. The van der Waals surface area contributed by atoms with E-state index in [1.807, 2.05) is 30.9 Å². The van der Waals surface area contributed by atoms with Crippen molar-refractivity contribution in [2.24, 2.45) is 0 Å². The molecule has 2 amide bonds. The number of nitrogens with one attached hydrogen (secondary N) is 2. The van der Waals surface area contributed by atoms with Gasteiger partial charge in [0.2, 0.25) is 11.8 Å². The van der Waals surface area contributed by atoms with Gasteiger partial charge >= 0.3 is 0 Å². The van der Waals surface area contributed by atoms with Crippen LogP contribution in [-0.4, -0.2) is 73.0 Å². The molecule has 1 aromatic rings. The monoisotopic (exact) mass is 402 g/mol. The van der Waals surface area contributed by atoms with Crippen LogP contribution in [0.25, 0.3) is 0 Å². The molecule has 2 N–H and O–H groups in total. The average Bonchev–Trinajstić information content (AvgIpc) is 3.18. The van der Waals surface area contributed by atoms with Crippen LogP contribution < -0.4 is 15.4 Å². The minimum atomic E-state index is -0.0920. The maximum atomic E-state index is 12.4. The number of hydrogen-bond acceptors (Lipinski definition) is 5. The number of hydrogen-bond donors (Lipinski definition) is 2. The Labute approximate surface area is 173 Å². The summed E-state index contributed by atoms with van der Waals surface area (Å²) in [5, 5.41) is 6.64. The second-order valence-electron chi connectivity index (χ2n) is 7.88. The molecule has 7 nitrogen and oxygen atoms in total. The van der Waals surface area contributed by atoms with E-state index in [0.717, 1.165) is 44.8 Å². The van der Waals surface area contributed by atoms with Crippen LogP contribution in [0.3, 0.4) is 0 Å². The molecule has 0 radical (unpaired) electrons. The van der Waals surface area contributed by atoms with Gasteiger partial charge in [-0.3, -0.25) is 14.5 Å². The molecule has 0 bridgehead atoms. The Hall–Kier alpha value is -2.12. The third kappa shape index (κ3) is 5.28. The van der Waals surface area contributed by atoms with Crippen molar-refractivity contribution in [2.45, 2.75) is 57.8 Å². The molecule has 0 aromatic heterocycles. The molecule has 160 valence electrons. The number of carbonyl (C=O) groups excluding carboxylic acids is 2. The number of rotatable bonds is 9. The van der Waals surface area contributed by atoms with Crippen molar-refractivity contribution in [3.05, 3.63) is 29.8 Å². The van der Waals surface area contributed by atoms with Crippen LogP contribution in [0.5, 0.6) is 5.75 Å². The van der Waals surface area contributed by atoms with E-state index < -0.39 is 0 Å². The summed E-state index contributed by atoms with van der Waals surface area (Å²) in [5.74, 6) is 1.17. The minimum Gasteiger partial charge on any atom is -0.497 e. The molecule has 0 saturated carbocycles. The zero-order chi connectivity index (χ0) is 20.8. The number of benzene rings is 1. The molecule has 1 aromatic carbocycles. The summed E-state index contributed by atoms with van der Waals surface area (Å²) in [7, 11) is 1.67. The fourth-order valence-corrected chi connectivity index (χ4v) is 4.42. The van der Waals surface area contributed by atoms with Crippen LogP contribution in [0.15, 0.2) is 24.3 Å². The molecule has 3 rings (SSSR count). The number of piperazine rings is 1. The van der Waals surface area contributed by atoms with Crippen LogP contribution in [0, 0.1) is 0 Å². The predicted molar refractivity (Wildman–Crippen MR) is 113 cm³/mol. The van der Waals surface area contributed by atoms with E-state index in [2.05, 4.69) is 27.7 Å². The summed E-state index contributed by atoms with van der Waals surface area (Å²) in [6.07, 6.45) is 2.13. The van der Waals surface area contributed by atoms with Gasteiger partial charge in [-0.2, -0.15) is 0 Å². The summed E-state index contributed by atoms with van der Waals surface area (Å²) in [4.78, 5) is 28.9. The lowest BCUT2D eigenvalue weighted by Crippen LogP contribution is -2.58. The number of ether oxygens (including phenoxy) is 1. The van der Waals surface area contributed by atoms with Crippen molar-refractivity contribution >= 4 is 11.8 Å². The van der Waals surface area contributed by atoms with Crippen molar-refractivity contribution in [3.8, 4) is 5.75 Å². The lowest BCUT2D eigenvalue weighted by molar-refractivity contribution is -0.132. The normalized spacial score (nSPS) is 24.1. The Morgan fingerprint density at radius 1 is 1.28 bits per heavy atom. The molecule has 7 heteroatoms. The van der Waals surface area contributed by atoms with Crippen molar-refractivity contribution in [3.63, 3.8) is 0 Å². The molecule has 0 unspecified atom stereocenters. The molecule has 29 heavy (non-hydrogen) atoms. The van der Waals surface area contributed by atoms with E-state index in [9.17, 15) is 9.59 Å². The first kappa shape index (κ1) is 21.6. The summed E-state index contributed by atoms with van der Waals surface area (Å²) in [6.45, 7) is 7.77. The van der Waals surface area contributed by atoms with Crippen molar-refractivity contribution in [2.75, 3.05) is 33.3 Å². The molecule has 2 aliphatic rings. The molecule has 2 aliphatic heterocycles. The van der Waals surface area contributed by atoms with Gasteiger partial charge in [0.05, 0.1) is 13.2 Å². The van der Waals surface area contributed by atoms with E-state index in [-0.39, 0.29) is 29.9 Å². The highest BCUT2D eigenvalue weighted by atomic mass is 16.5. The Balaban J connectivity index is 1.53. The maximum absolute atomic E-state index is 12.4. The number of carbonyl (C=O) groups is 2. The van der Waals surface area contributed by atoms with Crippen LogP contribution in [0.1, 0.15) is 38.7 Å². The van der Waals surface area contributed by atoms with Gasteiger partial charge in [-0.15, -0.1) is 0 Å². The first-order valence-electron chi connectivity index (χ1n) is 10.7. The highest BCUT2D eigenvalue weighted by Gasteiger charge is 2.43. The first-order chi connectivity index (χ1) is 14.0. The largest absolute Gasteiger partial charge is 0.497 e. The highest BCUT2D eigenvalue weighted by molar-refractivity contribution is 5.83. The van der Waals surface area contributed by atoms with E-state index in [1.54, 1.807) is 7.11 Å². The lowest BCUT2D eigenvalue weighted by atomic mass is 10.0. The number of amides is 2. The quantitative estimate of drug-likeness (QED) is 0.653. The van der Waals surface area contributed by atoms with Crippen LogP contribution in [-0.2, 0) is 16.1 Å². The Kier molecular flexibility index (Phi) is 7.50. The van der Waals surface area contributed by atoms with Crippen molar-refractivity contribution in [1.29, 1.82) is 0 Å². The number of nitrogens with zero attached hydrogens (tertiary/aromatic N) is 2. The topological polar surface area (TPSA) is 73.9 Å². The van der Waals surface area contributed by atoms with E-state index in [1.165, 1.54) is 5.56 Å². The van der Waals surface area contributed by atoms with Crippen LogP contribution >= 0.6 is 0 Å². The Morgan fingerprint density at radius 2 is 2.00 bits per heavy atom. The molecular weight excluding hydrogens is 368 g/mol. The van der Waals surface area contributed by atoms with E-state index >= 15 is 0 Å². The summed E-state index contributed by atoms with van der Waals surface area (Å²) in [5.41, 5.74) is 1.20. The molecule has 2 heterocycles. The second kappa shape index (κ2) is 10.1. The molecule has 0 spiro atoms. The molecule has 0 aliphatic carbocycles. The Morgan fingerprint density at radius 3 is 2.66 bits per heavy atom. The molecule has 2 fully saturated rings. The van der Waals surface area contributed by atoms with Crippen LogP contribution in [0.4, 0.5) is 0 Å². The van der Waals surface area contributed by atoms with Crippen molar-refractivity contribution in [1.82, 2.24) is 20.4 Å². The zero-order valence-electron chi connectivity index (χ0n) is 17.8. The number of methoxy groups -OCH3 is 1. The van der Waals surface area contributed by atoms with Gasteiger partial charge in [0.25, 0.3) is 0 Å². The van der Waals surface area contributed by atoms with E-state index in [4.69, 9.17) is 4.74 Å². The van der Waals surface area contributed by atoms with Gasteiger partial charge < -0.3 is 20.3 Å². The Bertz CT molecular complexity index is 690. The standard InChI is InChI=1S/C22H34N4O3/c1-4-25(5-2)21(27)11-8-18-14-24-22(28)20-12-17(15-26(18)20)23-13-16-6-9-19(29-3)10-7-16/h6-7,9-10,17-18,20,23H,4-5,8,11-15H2,1-3H3,(H,24,28)/t17-,18-,20+/m0/s1. The van der Waals surface area contributed by atoms with Gasteiger partial charge in [0.1, 0.15) is 5.75 Å². The van der Waals surface area contributed by atoms with Gasteiger partial charge in [-0.25, -0.2) is 0 Å². The number of fused-ring (bicyclic) bond motifs is 1. The van der Waals surface area contributed by atoms with Crippen LogP contribution in [0.2, 0.25) is 0 Å². The zero-order valence-corrected chi connectivity index (χ0v) is 17.8. The summed E-state index contributed by atoms with van der Waals surface area (Å²) in [6, 6.07) is 8.45. The van der Waals surface area contributed by atoms with Gasteiger partial charge in [-0.05, 0) is 44.4 Å². The molecule has 2 saturated heterocycles. The smallest absolute Gasteiger partial charge is 0.237 e. The fourth-order valence-electron chi connectivity index (χ4n) is 4.42. The summed E-state index contributed by atoms with van der Waals surface area (Å²) < 4.78 is 5.21. The fraction of sp³-hybridized carbons (Fsp3) is 0.636. The van der Waals surface area contributed by atoms with Gasteiger partial charge in [0, 0.05) is 51.2 Å². The minimum absolute atomic E-state index is 0.0920. The maximum Gasteiger partial charge on any atom is 0.237 e. The average molecular weight is 403 g/mol. The SMILES string of the molecule is CCN(CC)C(=O)CC[C@H]1CNC(=O)[C@H]2C[C@H](NCc3ccc(OC)cc3)CN12. The summed E-state index contributed by atoms with van der Waals surface area (Å²) >= 11 is 0. The second-order valence-corrected chi connectivity index (χ2v) is 7.88. The predicted octanol–water partition coefficient (Wildman–Crippen LogP) is 1.37. The third-order valence-corrected chi connectivity index (χ3v) is 6.18. The van der Waals surface area contributed by atoms with E-state index in [0.29, 0.717) is 13.0 Å². The lowest BCUT2D eigenvalue weighted by Gasteiger charge is -2.37.